The van der Waals surface area contributed by atoms with Crippen molar-refractivity contribution in [1.82, 2.24) is 5.32 Å². The zero-order valence-electron chi connectivity index (χ0n) is 11.2. The molecular weight excluding hydrogens is 273 g/mol. The summed E-state index contributed by atoms with van der Waals surface area (Å²) in [5.41, 5.74) is 2.38. The summed E-state index contributed by atoms with van der Waals surface area (Å²) >= 11 is 6.09. The van der Waals surface area contributed by atoms with Gasteiger partial charge in [0.25, 0.3) is 0 Å². The van der Waals surface area contributed by atoms with Gasteiger partial charge in [0.1, 0.15) is 5.82 Å². The van der Waals surface area contributed by atoms with E-state index in [2.05, 4.69) is 29.6 Å². The van der Waals surface area contributed by atoms with Gasteiger partial charge in [-0.2, -0.15) is 0 Å². The summed E-state index contributed by atoms with van der Waals surface area (Å²) < 4.78 is 13.6. The maximum atomic E-state index is 13.6. The first-order valence-corrected chi connectivity index (χ1v) is 7.24. The SMILES string of the molecule is Fc1cccc(CC2(Cc3ccccc3)CNC2)c1Cl. The fraction of sp³-hybridized carbons (Fsp3) is 0.294. The van der Waals surface area contributed by atoms with Crippen LogP contribution in [-0.4, -0.2) is 13.1 Å². The largest absolute Gasteiger partial charge is 0.315 e. The monoisotopic (exact) mass is 289 g/mol. The molecule has 3 rings (SSSR count). The van der Waals surface area contributed by atoms with Crippen LogP contribution in [0.15, 0.2) is 48.5 Å². The van der Waals surface area contributed by atoms with Crippen LogP contribution in [0.25, 0.3) is 0 Å². The molecule has 0 saturated carbocycles. The fourth-order valence-corrected chi connectivity index (χ4v) is 3.10. The summed E-state index contributed by atoms with van der Waals surface area (Å²) in [6.07, 6.45) is 1.80. The van der Waals surface area contributed by atoms with Crippen molar-refractivity contribution in [2.45, 2.75) is 12.8 Å². The third kappa shape index (κ3) is 2.72. The molecule has 0 amide bonds. The lowest BCUT2D eigenvalue weighted by atomic mass is 9.72. The Morgan fingerprint density at radius 2 is 1.75 bits per heavy atom. The van der Waals surface area contributed by atoms with Crippen molar-refractivity contribution in [2.24, 2.45) is 5.41 Å². The summed E-state index contributed by atoms with van der Waals surface area (Å²) in [6.45, 7) is 1.91. The van der Waals surface area contributed by atoms with Crippen molar-refractivity contribution in [3.63, 3.8) is 0 Å². The summed E-state index contributed by atoms with van der Waals surface area (Å²) in [5, 5.41) is 3.61. The minimum Gasteiger partial charge on any atom is -0.315 e. The molecule has 20 heavy (non-hydrogen) atoms. The predicted molar refractivity (Wildman–Crippen MR) is 80.6 cm³/mol. The van der Waals surface area contributed by atoms with Crippen molar-refractivity contribution < 1.29 is 4.39 Å². The molecule has 3 heteroatoms. The Labute approximate surface area is 123 Å². The highest BCUT2D eigenvalue weighted by Gasteiger charge is 2.37. The highest BCUT2D eigenvalue weighted by atomic mass is 35.5. The van der Waals surface area contributed by atoms with Crippen LogP contribution in [0, 0.1) is 11.2 Å². The van der Waals surface area contributed by atoms with E-state index in [1.54, 1.807) is 6.07 Å². The molecule has 0 spiro atoms. The molecule has 0 aliphatic carbocycles. The van der Waals surface area contributed by atoms with Gasteiger partial charge in [-0.3, -0.25) is 0 Å². The van der Waals surface area contributed by atoms with E-state index in [-0.39, 0.29) is 16.3 Å². The normalized spacial score (nSPS) is 16.7. The molecule has 1 aliphatic rings. The fourth-order valence-electron chi connectivity index (χ4n) is 2.91. The summed E-state index contributed by atoms with van der Waals surface area (Å²) in [5.74, 6) is -0.327. The van der Waals surface area contributed by atoms with Crippen LogP contribution >= 0.6 is 11.6 Å². The Morgan fingerprint density at radius 1 is 1.00 bits per heavy atom. The Morgan fingerprint density at radius 3 is 2.40 bits per heavy atom. The summed E-state index contributed by atoms with van der Waals surface area (Å²) in [7, 11) is 0. The van der Waals surface area contributed by atoms with Crippen molar-refractivity contribution in [2.75, 3.05) is 13.1 Å². The summed E-state index contributed by atoms with van der Waals surface area (Å²) in [6, 6.07) is 15.5. The molecule has 1 N–H and O–H groups in total. The lowest BCUT2D eigenvalue weighted by Gasteiger charge is -2.43. The maximum Gasteiger partial charge on any atom is 0.142 e. The molecule has 1 aliphatic heterocycles. The van der Waals surface area contributed by atoms with Crippen LogP contribution in [0.2, 0.25) is 5.02 Å². The van der Waals surface area contributed by atoms with E-state index < -0.39 is 0 Å². The van der Waals surface area contributed by atoms with Gasteiger partial charge in [-0.05, 0) is 30.0 Å². The van der Waals surface area contributed by atoms with Gasteiger partial charge in [0, 0.05) is 18.5 Å². The van der Waals surface area contributed by atoms with E-state index >= 15 is 0 Å². The Kier molecular flexibility index (Phi) is 3.77. The lowest BCUT2D eigenvalue weighted by Crippen LogP contribution is -2.56. The van der Waals surface area contributed by atoms with Gasteiger partial charge in [-0.25, -0.2) is 4.39 Å². The molecule has 1 heterocycles. The van der Waals surface area contributed by atoms with Gasteiger partial charge < -0.3 is 5.32 Å². The Hall–Kier alpha value is -1.38. The van der Waals surface area contributed by atoms with Gasteiger partial charge in [0.05, 0.1) is 5.02 Å². The molecule has 0 radical (unpaired) electrons. The van der Waals surface area contributed by atoms with E-state index in [9.17, 15) is 4.39 Å². The minimum absolute atomic E-state index is 0.152. The molecule has 2 aromatic rings. The van der Waals surface area contributed by atoms with Crippen molar-refractivity contribution in [1.29, 1.82) is 0 Å². The molecule has 0 atom stereocenters. The topological polar surface area (TPSA) is 12.0 Å². The molecule has 0 aromatic heterocycles. The second-order valence-electron chi connectivity index (χ2n) is 5.66. The van der Waals surface area contributed by atoms with Gasteiger partial charge >= 0.3 is 0 Å². The number of hydrogen-bond donors (Lipinski definition) is 1. The third-order valence-corrected chi connectivity index (χ3v) is 4.44. The third-order valence-electron chi connectivity index (χ3n) is 4.02. The smallest absolute Gasteiger partial charge is 0.142 e. The minimum atomic E-state index is -0.327. The first-order valence-electron chi connectivity index (χ1n) is 6.86. The zero-order valence-corrected chi connectivity index (χ0v) is 12.0. The molecule has 1 saturated heterocycles. The van der Waals surface area contributed by atoms with E-state index in [1.807, 2.05) is 12.1 Å². The molecule has 0 unspecified atom stereocenters. The van der Waals surface area contributed by atoms with Gasteiger partial charge in [0.15, 0.2) is 0 Å². The van der Waals surface area contributed by atoms with Crippen LogP contribution in [0.1, 0.15) is 11.1 Å². The van der Waals surface area contributed by atoms with Crippen LogP contribution in [0.4, 0.5) is 4.39 Å². The van der Waals surface area contributed by atoms with Crippen LogP contribution in [-0.2, 0) is 12.8 Å². The highest BCUT2D eigenvalue weighted by molar-refractivity contribution is 6.31. The number of halogens is 2. The zero-order chi connectivity index (χ0) is 14.0. The quantitative estimate of drug-likeness (QED) is 0.901. The van der Waals surface area contributed by atoms with E-state index in [0.29, 0.717) is 0 Å². The Bertz CT molecular complexity index is 593. The molecule has 2 aromatic carbocycles. The van der Waals surface area contributed by atoms with Crippen LogP contribution in [0.3, 0.4) is 0 Å². The maximum absolute atomic E-state index is 13.6. The first-order chi connectivity index (χ1) is 9.69. The van der Waals surface area contributed by atoms with E-state index in [1.165, 1.54) is 11.6 Å². The standard InChI is InChI=1S/C17H17ClFN/c18-16-14(7-4-8-15(16)19)10-17(11-20-12-17)9-13-5-2-1-3-6-13/h1-8,20H,9-12H2. The van der Waals surface area contributed by atoms with Crippen molar-refractivity contribution in [3.05, 3.63) is 70.5 Å². The second-order valence-corrected chi connectivity index (χ2v) is 6.03. The average Bonchev–Trinajstić information content (AvgIpc) is 2.42. The number of rotatable bonds is 4. The first kappa shape index (κ1) is 13.6. The van der Waals surface area contributed by atoms with E-state index in [0.717, 1.165) is 31.5 Å². The number of benzene rings is 2. The van der Waals surface area contributed by atoms with Gasteiger partial charge in [-0.1, -0.05) is 54.1 Å². The van der Waals surface area contributed by atoms with Gasteiger partial charge in [0.2, 0.25) is 0 Å². The predicted octanol–water partition coefficient (Wildman–Crippen LogP) is 3.85. The molecule has 104 valence electrons. The van der Waals surface area contributed by atoms with Crippen LogP contribution in [0.5, 0.6) is 0 Å². The average molecular weight is 290 g/mol. The van der Waals surface area contributed by atoms with E-state index in [4.69, 9.17) is 11.6 Å². The number of hydrogen-bond acceptors (Lipinski definition) is 1. The summed E-state index contributed by atoms with van der Waals surface area (Å²) in [4.78, 5) is 0. The molecule has 0 bridgehead atoms. The second kappa shape index (κ2) is 5.55. The van der Waals surface area contributed by atoms with Gasteiger partial charge in [-0.15, -0.1) is 0 Å². The molecule has 1 fully saturated rings. The molecular formula is C17H17ClFN. The van der Waals surface area contributed by atoms with Crippen LogP contribution < -0.4 is 5.32 Å². The lowest BCUT2D eigenvalue weighted by molar-refractivity contribution is 0.166. The van der Waals surface area contributed by atoms with Crippen molar-refractivity contribution >= 4 is 11.6 Å². The number of nitrogens with one attached hydrogen (secondary N) is 1. The molecule has 1 nitrogen and oxygen atoms in total. The van der Waals surface area contributed by atoms with Crippen molar-refractivity contribution in [3.8, 4) is 0 Å². The highest BCUT2D eigenvalue weighted by Crippen LogP contribution is 2.34. The Balaban J connectivity index is 1.81.